The number of nitrogens with two attached hydrogens (primary N) is 1. The fourth-order valence-corrected chi connectivity index (χ4v) is 2.40. The van der Waals surface area contributed by atoms with Crippen LogP contribution in [-0.4, -0.2) is 6.61 Å². The average molecular weight is 283 g/mol. The molecule has 0 aliphatic carbocycles. The SMILES string of the molecule is Cc1ccc([C@@H](C)N)c(OCCCCc2ccccc2)c1. The Morgan fingerprint density at radius 1 is 1.05 bits per heavy atom. The lowest BCUT2D eigenvalue weighted by molar-refractivity contribution is 0.302. The van der Waals surface area contributed by atoms with Crippen molar-refractivity contribution >= 4 is 0 Å². The van der Waals surface area contributed by atoms with Gasteiger partial charge in [-0.05, 0) is 50.3 Å². The molecule has 0 aromatic heterocycles. The van der Waals surface area contributed by atoms with Crippen LogP contribution in [0.5, 0.6) is 5.75 Å². The minimum Gasteiger partial charge on any atom is -0.493 e. The number of benzene rings is 2. The largest absolute Gasteiger partial charge is 0.493 e. The van der Waals surface area contributed by atoms with Crippen molar-refractivity contribution in [2.45, 2.75) is 39.2 Å². The summed E-state index contributed by atoms with van der Waals surface area (Å²) < 4.78 is 5.94. The van der Waals surface area contributed by atoms with Crippen LogP contribution in [-0.2, 0) is 6.42 Å². The lowest BCUT2D eigenvalue weighted by atomic mass is 10.1. The van der Waals surface area contributed by atoms with Crippen LogP contribution in [0.2, 0.25) is 0 Å². The van der Waals surface area contributed by atoms with Crippen molar-refractivity contribution in [1.82, 2.24) is 0 Å². The molecule has 2 nitrogen and oxygen atoms in total. The van der Waals surface area contributed by atoms with E-state index in [4.69, 9.17) is 10.5 Å². The van der Waals surface area contributed by atoms with Crippen LogP contribution < -0.4 is 10.5 Å². The summed E-state index contributed by atoms with van der Waals surface area (Å²) in [6, 6.07) is 16.8. The predicted molar refractivity (Wildman–Crippen MR) is 88.7 cm³/mol. The van der Waals surface area contributed by atoms with Crippen molar-refractivity contribution in [2.75, 3.05) is 6.61 Å². The lowest BCUT2D eigenvalue weighted by Crippen LogP contribution is -2.09. The molecule has 1 atom stereocenters. The molecule has 0 aliphatic rings. The molecule has 2 rings (SSSR count). The molecule has 2 aromatic carbocycles. The van der Waals surface area contributed by atoms with Crippen molar-refractivity contribution in [3.05, 3.63) is 65.2 Å². The first-order chi connectivity index (χ1) is 10.2. The first-order valence-electron chi connectivity index (χ1n) is 7.69. The van der Waals surface area contributed by atoms with Crippen LogP contribution in [0.1, 0.15) is 42.5 Å². The van der Waals surface area contributed by atoms with Crippen LogP contribution in [0.3, 0.4) is 0 Å². The normalized spacial score (nSPS) is 12.1. The van der Waals surface area contributed by atoms with E-state index in [2.05, 4.69) is 55.5 Å². The molecule has 0 heterocycles. The van der Waals surface area contributed by atoms with E-state index < -0.39 is 0 Å². The van der Waals surface area contributed by atoms with Crippen LogP contribution in [0.15, 0.2) is 48.5 Å². The van der Waals surface area contributed by atoms with Gasteiger partial charge in [-0.2, -0.15) is 0 Å². The van der Waals surface area contributed by atoms with Gasteiger partial charge < -0.3 is 10.5 Å². The minimum absolute atomic E-state index is 0.00455. The van der Waals surface area contributed by atoms with Gasteiger partial charge in [-0.15, -0.1) is 0 Å². The Balaban J connectivity index is 1.79. The van der Waals surface area contributed by atoms with Crippen LogP contribution in [0.25, 0.3) is 0 Å². The second-order valence-corrected chi connectivity index (χ2v) is 5.62. The van der Waals surface area contributed by atoms with Gasteiger partial charge in [0.15, 0.2) is 0 Å². The Kier molecular flexibility index (Phi) is 5.82. The van der Waals surface area contributed by atoms with Crippen molar-refractivity contribution in [3.63, 3.8) is 0 Å². The highest BCUT2D eigenvalue weighted by molar-refractivity contribution is 5.38. The van der Waals surface area contributed by atoms with Gasteiger partial charge in [-0.25, -0.2) is 0 Å². The number of rotatable bonds is 7. The molecule has 0 saturated carbocycles. The average Bonchev–Trinajstić information content (AvgIpc) is 2.48. The van der Waals surface area contributed by atoms with Crippen LogP contribution >= 0.6 is 0 Å². The molecule has 0 unspecified atom stereocenters. The Morgan fingerprint density at radius 2 is 1.81 bits per heavy atom. The highest BCUT2D eigenvalue weighted by Gasteiger charge is 2.08. The topological polar surface area (TPSA) is 35.2 Å². The highest BCUT2D eigenvalue weighted by atomic mass is 16.5. The van der Waals surface area contributed by atoms with Gasteiger partial charge in [0.05, 0.1) is 6.61 Å². The summed E-state index contributed by atoms with van der Waals surface area (Å²) in [5.74, 6) is 0.935. The summed E-state index contributed by atoms with van der Waals surface area (Å²) in [7, 11) is 0. The van der Waals surface area contributed by atoms with Crippen molar-refractivity contribution in [2.24, 2.45) is 5.73 Å². The van der Waals surface area contributed by atoms with Crippen molar-refractivity contribution in [3.8, 4) is 5.75 Å². The number of hydrogen-bond acceptors (Lipinski definition) is 2. The molecule has 0 aliphatic heterocycles. The second-order valence-electron chi connectivity index (χ2n) is 5.62. The molecule has 0 bridgehead atoms. The molecule has 2 heteroatoms. The molecular formula is C19H25NO. The minimum atomic E-state index is 0.00455. The second kappa shape index (κ2) is 7.84. The van der Waals surface area contributed by atoms with E-state index in [0.29, 0.717) is 0 Å². The zero-order chi connectivity index (χ0) is 15.1. The zero-order valence-corrected chi connectivity index (χ0v) is 13.0. The van der Waals surface area contributed by atoms with Gasteiger partial charge >= 0.3 is 0 Å². The zero-order valence-electron chi connectivity index (χ0n) is 13.0. The van der Waals surface area contributed by atoms with Gasteiger partial charge in [0, 0.05) is 11.6 Å². The number of ether oxygens (including phenoxy) is 1. The molecule has 0 spiro atoms. The van der Waals surface area contributed by atoms with E-state index in [1.165, 1.54) is 11.1 Å². The molecule has 0 radical (unpaired) electrons. The fourth-order valence-electron chi connectivity index (χ4n) is 2.40. The summed E-state index contributed by atoms with van der Waals surface area (Å²) in [6.07, 6.45) is 3.31. The smallest absolute Gasteiger partial charge is 0.124 e. The summed E-state index contributed by atoms with van der Waals surface area (Å²) in [5, 5.41) is 0. The third kappa shape index (κ3) is 4.91. The molecule has 0 saturated heterocycles. The van der Waals surface area contributed by atoms with Gasteiger partial charge in [0.25, 0.3) is 0 Å². The molecule has 112 valence electrons. The Morgan fingerprint density at radius 3 is 2.52 bits per heavy atom. The summed E-state index contributed by atoms with van der Waals surface area (Å²) in [6.45, 7) is 4.82. The lowest BCUT2D eigenvalue weighted by Gasteiger charge is -2.14. The fraction of sp³-hybridized carbons (Fsp3) is 0.368. The van der Waals surface area contributed by atoms with E-state index >= 15 is 0 Å². The molecule has 21 heavy (non-hydrogen) atoms. The Labute approximate surface area is 127 Å². The van der Waals surface area contributed by atoms with E-state index in [1.54, 1.807) is 0 Å². The van der Waals surface area contributed by atoms with E-state index in [9.17, 15) is 0 Å². The molecule has 2 N–H and O–H groups in total. The van der Waals surface area contributed by atoms with Gasteiger partial charge in [-0.1, -0.05) is 42.5 Å². The summed E-state index contributed by atoms with van der Waals surface area (Å²) >= 11 is 0. The van der Waals surface area contributed by atoms with Crippen molar-refractivity contribution < 1.29 is 4.74 Å². The maximum atomic E-state index is 5.99. The Hall–Kier alpha value is -1.80. The molecule has 2 aromatic rings. The first kappa shape index (κ1) is 15.6. The number of hydrogen-bond donors (Lipinski definition) is 1. The van der Waals surface area contributed by atoms with Crippen LogP contribution in [0.4, 0.5) is 0 Å². The van der Waals surface area contributed by atoms with Gasteiger partial charge in [-0.3, -0.25) is 0 Å². The third-order valence-corrected chi connectivity index (χ3v) is 3.62. The monoisotopic (exact) mass is 283 g/mol. The van der Waals surface area contributed by atoms with Gasteiger partial charge in [0.2, 0.25) is 0 Å². The first-order valence-corrected chi connectivity index (χ1v) is 7.69. The molecule has 0 fully saturated rings. The number of aryl methyl sites for hydroxylation is 2. The summed E-state index contributed by atoms with van der Waals surface area (Å²) in [4.78, 5) is 0. The maximum Gasteiger partial charge on any atom is 0.124 e. The van der Waals surface area contributed by atoms with E-state index in [-0.39, 0.29) is 6.04 Å². The van der Waals surface area contributed by atoms with E-state index in [1.807, 2.05) is 6.92 Å². The maximum absolute atomic E-state index is 5.99. The third-order valence-electron chi connectivity index (χ3n) is 3.62. The van der Waals surface area contributed by atoms with Crippen LogP contribution in [0, 0.1) is 6.92 Å². The summed E-state index contributed by atoms with van der Waals surface area (Å²) in [5.41, 5.74) is 9.68. The quantitative estimate of drug-likeness (QED) is 0.764. The standard InChI is InChI=1S/C19H25NO/c1-15-11-12-18(16(2)20)19(14-15)21-13-7-6-10-17-8-4-3-5-9-17/h3-5,8-9,11-12,14,16H,6-7,10,13,20H2,1-2H3/t16-/m1/s1. The van der Waals surface area contributed by atoms with Gasteiger partial charge in [0.1, 0.15) is 5.75 Å². The predicted octanol–water partition coefficient (Wildman–Crippen LogP) is 4.42. The molecular weight excluding hydrogens is 258 g/mol. The van der Waals surface area contributed by atoms with Crippen molar-refractivity contribution in [1.29, 1.82) is 0 Å². The Bertz CT molecular complexity index is 549. The van der Waals surface area contributed by atoms with E-state index in [0.717, 1.165) is 37.2 Å². The highest BCUT2D eigenvalue weighted by Crippen LogP contribution is 2.25. The number of unbranched alkanes of at least 4 members (excludes halogenated alkanes) is 1. The molecule has 0 amide bonds.